The van der Waals surface area contributed by atoms with Crippen LogP contribution in [0.3, 0.4) is 0 Å². The molecule has 0 bridgehead atoms. The van der Waals surface area contributed by atoms with Crippen molar-refractivity contribution < 1.29 is 9.53 Å². The van der Waals surface area contributed by atoms with Crippen molar-refractivity contribution in [3.05, 3.63) is 59.0 Å². The zero-order valence-electron chi connectivity index (χ0n) is 16.0. The van der Waals surface area contributed by atoms with Crippen molar-refractivity contribution in [3.63, 3.8) is 0 Å². The number of rotatable bonds is 6. The molecular formula is C20H23N5O2. The van der Waals surface area contributed by atoms with Crippen molar-refractivity contribution in [1.82, 2.24) is 19.7 Å². The zero-order valence-corrected chi connectivity index (χ0v) is 16.0. The van der Waals surface area contributed by atoms with Gasteiger partial charge in [-0.25, -0.2) is 14.5 Å². The highest BCUT2D eigenvalue weighted by Gasteiger charge is 2.18. The fraction of sp³-hybridized carbons (Fsp3) is 0.300. The highest BCUT2D eigenvalue weighted by atomic mass is 16.5. The maximum Gasteiger partial charge on any atom is 0.343 e. The van der Waals surface area contributed by atoms with Gasteiger partial charge in [0.2, 0.25) is 0 Å². The number of esters is 1. The summed E-state index contributed by atoms with van der Waals surface area (Å²) in [5, 5.41) is 7.70. The fourth-order valence-corrected chi connectivity index (χ4v) is 2.84. The van der Waals surface area contributed by atoms with Crippen LogP contribution in [0.2, 0.25) is 0 Å². The van der Waals surface area contributed by atoms with Crippen LogP contribution in [0.4, 0.5) is 11.5 Å². The lowest BCUT2D eigenvalue weighted by Crippen LogP contribution is -2.14. The molecule has 27 heavy (non-hydrogen) atoms. The summed E-state index contributed by atoms with van der Waals surface area (Å²) in [5.41, 5.74) is 4.09. The van der Waals surface area contributed by atoms with Gasteiger partial charge in [-0.2, -0.15) is 10.1 Å². The summed E-state index contributed by atoms with van der Waals surface area (Å²) in [7, 11) is 0. The van der Waals surface area contributed by atoms with E-state index >= 15 is 0 Å². The number of para-hydroxylation sites is 1. The predicted molar refractivity (Wildman–Crippen MR) is 104 cm³/mol. The van der Waals surface area contributed by atoms with Gasteiger partial charge in [-0.05, 0) is 44.9 Å². The first-order valence-corrected chi connectivity index (χ1v) is 8.96. The van der Waals surface area contributed by atoms with Crippen molar-refractivity contribution >= 4 is 17.5 Å². The quantitative estimate of drug-likeness (QED) is 0.670. The third-order valence-electron chi connectivity index (χ3n) is 4.12. The van der Waals surface area contributed by atoms with Crippen LogP contribution in [0.1, 0.15) is 41.2 Å². The van der Waals surface area contributed by atoms with Gasteiger partial charge in [-0.15, -0.1) is 0 Å². The molecule has 2 aromatic heterocycles. The van der Waals surface area contributed by atoms with E-state index in [1.807, 2.05) is 44.2 Å². The van der Waals surface area contributed by atoms with Gasteiger partial charge in [0, 0.05) is 17.6 Å². The summed E-state index contributed by atoms with van der Waals surface area (Å²) < 4.78 is 6.81. The monoisotopic (exact) mass is 365 g/mol. The van der Waals surface area contributed by atoms with Gasteiger partial charge in [-0.3, -0.25) is 0 Å². The summed E-state index contributed by atoms with van der Waals surface area (Å²) in [6, 6.07) is 9.86. The Morgan fingerprint density at radius 1 is 1.22 bits per heavy atom. The maximum atomic E-state index is 12.4. The topological polar surface area (TPSA) is 81.9 Å². The molecule has 140 valence electrons. The minimum absolute atomic E-state index is 0.281. The molecule has 0 spiro atoms. The van der Waals surface area contributed by atoms with Crippen molar-refractivity contribution in [2.45, 2.75) is 34.1 Å². The van der Waals surface area contributed by atoms with Gasteiger partial charge in [-0.1, -0.05) is 25.1 Å². The third kappa shape index (κ3) is 3.97. The van der Waals surface area contributed by atoms with Crippen LogP contribution < -0.4 is 5.32 Å². The first kappa shape index (κ1) is 18.6. The van der Waals surface area contributed by atoms with E-state index in [1.165, 1.54) is 6.20 Å². The summed E-state index contributed by atoms with van der Waals surface area (Å²) in [6.07, 6.45) is 2.33. The molecule has 3 aromatic rings. The fourth-order valence-electron chi connectivity index (χ4n) is 2.84. The standard InChI is InChI=1S/C20H23N5O2/c1-5-15-9-7-8-10-17(15)22-18-16(19(26)27-6-2)12-21-20(23-18)25-14(4)11-13(3)24-25/h7-12H,5-6H2,1-4H3,(H,21,22,23). The number of aryl methyl sites for hydroxylation is 3. The van der Waals surface area contributed by atoms with Gasteiger partial charge in [0.05, 0.1) is 12.3 Å². The van der Waals surface area contributed by atoms with Crippen molar-refractivity contribution in [3.8, 4) is 5.95 Å². The molecule has 7 heteroatoms. The number of carbonyl (C=O) groups excluding carboxylic acids is 1. The largest absolute Gasteiger partial charge is 0.462 e. The van der Waals surface area contributed by atoms with E-state index in [9.17, 15) is 4.79 Å². The summed E-state index contributed by atoms with van der Waals surface area (Å²) in [4.78, 5) is 21.3. The molecule has 2 heterocycles. The average molecular weight is 365 g/mol. The van der Waals surface area contributed by atoms with Gasteiger partial charge < -0.3 is 10.1 Å². The number of hydrogen-bond acceptors (Lipinski definition) is 6. The summed E-state index contributed by atoms with van der Waals surface area (Å²) in [5.74, 6) is 0.325. The van der Waals surface area contributed by atoms with Crippen LogP contribution in [0, 0.1) is 13.8 Å². The molecule has 0 amide bonds. The smallest absolute Gasteiger partial charge is 0.343 e. The molecule has 0 saturated carbocycles. The minimum atomic E-state index is -0.464. The van der Waals surface area contributed by atoms with E-state index in [0.717, 1.165) is 29.1 Å². The van der Waals surface area contributed by atoms with Crippen LogP contribution in [0.25, 0.3) is 5.95 Å². The van der Waals surface area contributed by atoms with E-state index in [1.54, 1.807) is 11.6 Å². The predicted octanol–water partition coefficient (Wildman–Crippen LogP) is 3.76. The number of nitrogens with one attached hydrogen (secondary N) is 1. The second kappa shape index (κ2) is 7.99. The Balaban J connectivity index is 2.08. The lowest BCUT2D eigenvalue weighted by molar-refractivity contribution is 0.0526. The number of nitrogens with zero attached hydrogens (tertiary/aromatic N) is 4. The van der Waals surface area contributed by atoms with E-state index in [0.29, 0.717) is 11.8 Å². The van der Waals surface area contributed by atoms with Crippen molar-refractivity contribution in [1.29, 1.82) is 0 Å². The van der Waals surface area contributed by atoms with Gasteiger partial charge in [0.25, 0.3) is 5.95 Å². The number of hydrogen-bond donors (Lipinski definition) is 1. The lowest BCUT2D eigenvalue weighted by Gasteiger charge is -2.14. The van der Waals surface area contributed by atoms with Crippen molar-refractivity contribution in [2.24, 2.45) is 0 Å². The Kier molecular flexibility index (Phi) is 5.49. The Hall–Kier alpha value is -3.22. The van der Waals surface area contributed by atoms with Gasteiger partial charge in [0.1, 0.15) is 5.56 Å². The molecule has 0 saturated heterocycles. The van der Waals surface area contributed by atoms with Crippen LogP contribution >= 0.6 is 0 Å². The molecule has 0 aliphatic carbocycles. The molecule has 0 aliphatic heterocycles. The van der Waals surface area contributed by atoms with Crippen molar-refractivity contribution in [2.75, 3.05) is 11.9 Å². The molecule has 7 nitrogen and oxygen atoms in total. The van der Waals surface area contributed by atoms with E-state index < -0.39 is 5.97 Å². The van der Waals surface area contributed by atoms with Crippen LogP contribution in [-0.4, -0.2) is 32.3 Å². The summed E-state index contributed by atoms with van der Waals surface area (Å²) in [6.45, 7) is 7.97. The van der Waals surface area contributed by atoms with Crippen LogP contribution in [0.5, 0.6) is 0 Å². The average Bonchev–Trinajstić information content (AvgIpc) is 3.00. The molecule has 0 fully saturated rings. The van der Waals surface area contributed by atoms with E-state index in [2.05, 4.69) is 27.3 Å². The first-order valence-electron chi connectivity index (χ1n) is 8.96. The van der Waals surface area contributed by atoms with Crippen LogP contribution in [-0.2, 0) is 11.2 Å². The molecule has 0 atom stereocenters. The van der Waals surface area contributed by atoms with Crippen LogP contribution in [0.15, 0.2) is 36.5 Å². The van der Waals surface area contributed by atoms with E-state index in [-0.39, 0.29) is 12.2 Å². The number of benzene rings is 1. The lowest BCUT2D eigenvalue weighted by atomic mass is 10.1. The Morgan fingerprint density at radius 3 is 2.67 bits per heavy atom. The molecule has 0 radical (unpaired) electrons. The molecule has 3 rings (SSSR count). The second-order valence-corrected chi connectivity index (χ2v) is 6.13. The summed E-state index contributed by atoms with van der Waals surface area (Å²) >= 11 is 0. The minimum Gasteiger partial charge on any atom is -0.462 e. The molecule has 0 unspecified atom stereocenters. The maximum absolute atomic E-state index is 12.4. The number of ether oxygens (including phenoxy) is 1. The second-order valence-electron chi connectivity index (χ2n) is 6.13. The highest BCUT2D eigenvalue weighted by molar-refractivity contribution is 5.95. The number of aromatic nitrogens is 4. The number of carbonyl (C=O) groups is 1. The molecule has 0 aliphatic rings. The zero-order chi connectivity index (χ0) is 19.4. The van der Waals surface area contributed by atoms with Gasteiger partial charge >= 0.3 is 5.97 Å². The molecule has 1 N–H and O–H groups in total. The van der Waals surface area contributed by atoms with E-state index in [4.69, 9.17) is 4.74 Å². The number of anilines is 2. The Bertz CT molecular complexity index is 965. The highest BCUT2D eigenvalue weighted by Crippen LogP contribution is 2.24. The third-order valence-corrected chi connectivity index (χ3v) is 4.12. The Labute approximate surface area is 158 Å². The molecule has 1 aromatic carbocycles. The van der Waals surface area contributed by atoms with Gasteiger partial charge in [0.15, 0.2) is 5.82 Å². The molecular weight excluding hydrogens is 342 g/mol. The first-order chi connectivity index (χ1) is 13.0. The SMILES string of the molecule is CCOC(=O)c1cnc(-n2nc(C)cc2C)nc1Nc1ccccc1CC. The normalized spacial score (nSPS) is 10.7. The Morgan fingerprint density at radius 2 is 2.00 bits per heavy atom.